The Labute approximate surface area is 152 Å². The molecule has 0 saturated heterocycles. The van der Waals surface area contributed by atoms with Crippen molar-refractivity contribution in [1.29, 1.82) is 0 Å². The van der Waals surface area contributed by atoms with Crippen LogP contribution in [0, 0.1) is 0 Å². The number of nitrogens with one attached hydrogen (secondary N) is 1. The smallest absolute Gasteiger partial charge is 0.490 e. The molecule has 0 saturated carbocycles. The van der Waals surface area contributed by atoms with Crippen LogP contribution in [0.4, 0.5) is 10.5 Å². The summed E-state index contributed by atoms with van der Waals surface area (Å²) in [6.45, 7) is 4.65. The number of para-hydroxylation sites is 1. The average Bonchev–Trinajstić information content (AvgIpc) is 2.98. The second-order valence-corrected chi connectivity index (χ2v) is 6.46. The Hall–Kier alpha value is -2.89. The summed E-state index contributed by atoms with van der Waals surface area (Å²) in [5.74, 6) is 0.595. The van der Waals surface area contributed by atoms with Crippen LogP contribution in [0.25, 0.3) is 5.76 Å². The van der Waals surface area contributed by atoms with Crippen molar-refractivity contribution in [2.24, 2.45) is 0 Å². The van der Waals surface area contributed by atoms with Crippen molar-refractivity contribution in [3.8, 4) is 0 Å². The lowest BCUT2D eigenvalue weighted by atomic mass is 9.91. The molecule has 2 aliphatic rings. The predicted octanol–water partition coefficient (Wildman–Crippen LogP) is 4.03. The Morgan fingerprint density at radius 3 is 2.73 bits per heavy atom. The van der Waals surface area contributed by atoms with Gasteiger partial charge in [-0.05, 0) is 30.2 Å². The lowest BCUT2D eigenvalue weighted by Crippen LogP contribution is -2.50. The second kappa shape index (κ2) is 6.12. The number of amides is 1. The molecular formula is C21H21N2O3+. The predicted molar refractivity (Wildman–Crippen MR) is 101 cm³/mol. The summed E-state index contributed by atoms with van der Waals surface area (Å²) in [6.07, 6.45) is 1.39. The first kappa shape index (κ1) is 16.6. The summed E-state index contributed by atoms with van der Waals surface area (Å²) in [4.78, 5) is 12.5. The van der Waals surface area contributed by atoms with Gasteiger partial charge >= 0.3 is 6.09 Å². The molecule has 0 aliphatic carbocycles. The molecule has 0 fully saturated rings. The summed E-state index contributed by atoms with van der Waals surface area (Å²) in [5, 5.41) is 13.8. The number of hydrogen-bond donors (Lipinski definition) is 2. The average molecular weight is 349 g/mol. The summed E-state index contributed by atoms with van der Waals surface area (Å²) >= 11 is 0. The molecule has 2 unspecified atom stereocenters. The van der Waals surface area contributed by atoms with E-state index in [0.29, 0.717) is 17.1 Å². The highest BCUT2D eigenvalue weighted by Gasteiger charge is 2.55. The van der Waals surface area contributed by atoms with E-state index in [1.54, 1.807) is 7.11 Å². The van der Waals surface area contributed by atoms with E-state index in [4.69, 9.17) is 4.74 Å². The van der Waals surface area contributed by atoms with Crippen LogP contribution in [0.5, 0.6) is 0 Å². The highest BCUT2D eigenvalue weighted by Crippen LogP contribution is 2.51. The van der Waals surface area contributed by atoms with Gasteiger partial charge in [0.1, 0.15) is 12.2 Å². The molecule has 0 spiro atoms. The minimum atomic E-state index is -1.00. The van der Waals surface area contributed by atoms with Gasteiger partial charge in [0.25, 0.3) is 0 Å². The van der Waals surface area contributed by atoms with Gasteiger partial charge in [-0.1, -0.05) is 36.4 Å². The summed E-state index contributed by atoms with van der Waals surface area (Å²) < 4.78 is 5.27. The summed E-state index contributed by atoms with van der Waals surface area (Å²) in [7, 11) is 1.59. The second-order valence-electron chi connectivity index (χ2n) is 6.46. The maximum atomic E-state index is 12.5. The Kier molecular flexibility index (Phi) is 3.90. The van der Waals surface area contributed by atoms with Crippen molar-refractivity contribution < 1.29 is 14.6 Å². The Morgan fingerprint density at radius 2 is 2.00 bits per heavy atom. The number of rotatable bonds is 3. The van der Waals surface area contributed by atoms with Crippen LogP contribution >= 0.6 is 0 Å². The molecular weight excluding hydrogens is 328 g/mol. The van der Waals surface area contributed by atoms with Crippen molar-refractivity contribution in [2.75, 3.05) is 13.7 Å². The number of carboxylic acid groups (broad SMARTS) is 1. The molecule has 4 rings (SSSR count). The maximum Gasteiger partial charge on any atom is 0.528 e. The normalized spacial score (nSPS) is 24.0. The third-order valence-corrected chi connectivity index (χ3v) is 5.30. The molecule has 0 radical (unpaired) electrons. The van der Waals surface area contributed by atoms with Gasteiger partial charge in [0.2, 0.25) is 0 Å². The van der Waals surface area contributed by atoms with Crippen LogP contribution in [0.1, 0.15) is 22.7 Å². The van der Waals surface area contributed by atoms with E-state index >= 15 is 0 Å². The van der Waals surface area contributed by atoms with E-state index in [9.17, 15) is 9.90 Å². The number of methoxy groups -OCH3 is 1. The van der Waals surface area contributed by atoms with E-state index in [2.05, 4.69) is 24.0 Å². The zero-order valence-corrected chi connectivity index (χ0v) is 14.6. The fourth-order valence-electron chi connectivity index (χ4n) is 4.18. The Morgan fingerprint density at radius 1 is 1.27 bits per heavy atom. The van der Waals surface area contributed by atoms with E-state index in [-0.39, 0.29) is 6.04 Å². The molecule has 0 bridgehead atoms. The zero-order chi connectivity index (χ0) is 18.3. The van der Waals surface area contributed by atoms with Gasteiger partial charge in [0.15, 0.2) is 17.1 Å². The third kappa shape index (κ3) is 2.08. The fourth-order valence-corrected chi connectivity index (χ4v) is 4.18. The minimum Gasteiger partial charge on any atom is -0.490 e. The molecule has 2 heterocycles. The maximum absolute atomic E-state index is 12.5. The molecule has 132 valence electrons. The fraction of sp³-hybridized carbons (Fsp3) is 0.190. The van der Waals surface area contributed by atoms with Crippen LogP contribution in [0.3, 0.4) is 0 Å². The topological polar surface area (TPSA) is 58.6 Å². The zero-order valence-electron chi connectivity index (χ0n) is 14.6. The van der Waals surface area contributed by atoms with E-state index in [1.165, 1.54) is 11.8 Å². The van der Waals surface area contributed by atoms with Gasteiger partial charge in [-0.15, -0.1) is 4.48 Å². The van der Waals surface area contributed by atoms with E-state index in [1.807, 2.05) is 36.4 Å². The first-order valence-corrected chi connectivity index (χ1v) is 8.61. The third-order valence-electron chi connectivity index (χ3n) is 5.30. The number of benzene rings is 2. The summed E-state index contributed by atoms with van der Waals surface area (Å²) in [5.41, 5.74) is 4.39. The molecule has 5 heteroatoms. The molecule has 1 amide bonds. The van der Waals surface area contributed by atoms with Crippen LogP contribution in [0.15, 0.2) is 67.0 Å². The van der Waals surface area contributed by atoms with Gasteiger partial charge in [-0.25, -0.2) is 0 Å². The molecule has 2 aromatic carbocycles. The summed E-state index contributed by atoms with van der Waals surface area (Å²) in [6, 6.07) is 15.3. The van der Waals surface area contributed by atoms with E-state index < -0.39 is 10.6 Å². The van der Waals surface area contributed by atoms with Crippen molar-refractivity contribution >= 4 is 17.5 Å². The Bertz CT molecular complexity index is 934. The highest BCUT2D eigenvalue weighted by atomic mass is 16.5. The lowest BCUT2D eigenvalue weighted by molar-refractivity contribution is 0.170. The van der Waals surface area contributed by atoms with Crippen LogP contribution < -0.4 is 9.80 Å². The monoisotopic (exact) mass is 349 g/mol. The number of fused-ring (bicyclic) bond motifs is 2. The van der Waals surface area contributed by atoms with Gasteiger partial charge < -0.3 is 15.2 Å². The molecule has 0 aromatic heterocycles. The molecule has 2 atom stereocenters. The minimum absolute atomic E-state index is 0.267. The molecule has 2 N–H and O–H groups in total. The van der Waals surface area contributed by atoms with Gasteiger partial charge in [-0.3, -0.25) is 0 Å². The quantitative estimate of drug-likeness (QED) is 0.822. The Balaban J connectivity index is 2.03. The number of carbonyl (C=O) groups is 1. The van der Waals surface area contributed by atoms with Crippen molar-refractivity contribution in [2.45, 2.75) is 12.5 Å². The molecule has 5 nitrogen and oxygen atoms in total. The SMILES string of the molecule is C=C[N+]1(C(=O)O)C(C2NCCc3ccccc32)=C(OC)c2ccccc21. The number of ether oxygens (including phenoxy) is 1. The first-order valence-electron chi connectivity index (χ1n) is 8.61. The first-order chi connectivity index (χ1) is 12.6. The van der Waals surface area contributed by atoms with Gasteiger partial charge in [0.05, 0.1) is 12.7 Å². The van der Waals surface area contributed by atoms with Gasteiger partial charge in [-0.2, -0.15) is 4.79 Å². The van der Waals surface area contributed by atoms with E-state index in [0.717, 1.165) is 24.1 Å². The standard InChI is InChI=1S/C21H20N2O3/c1-3-23(21(24)25)17-11-7-6-10-16(17)20(26-2)19(23)18-15-9-5-4-8-14(15)12-13-22-18/h3-11,18,22H,1,12-13H2,2H3/p+1. The van der Waals surface area contributed by atoms with Crippen molar-refractivity contribution in [3.05, 3.63) is 83.7 Å². The largest absolute Gasteiger partial charge is 0.528 e. The molecule has 26 heavy (non-hydrogen) atoms. The molecule has 2 aliphatic heterocycles. The van der Waals surface area contributed by atoms with Crippen molar-refractivity contribution in [1.82, 2.24) is 9.80 Å². The lowest BCUT2D eigenvalue weighted by Gasteiger charge is -2.34. The molecule has 2 aromatic rings. The number of nitrogens with zero attached hydrogens (tertiary/aromatic N) is 1. The van der Waals surface area contributed by atoms with Crippen LogP contribution in [-0.2, 0) is 11.2 Å². The highest BCUT2D eigenvalue weighted by molar-refractivity contribution is 5.97. The number of quaternary nitrogens is 1. The van der Waals surface area contributed by atoms with Crippen LogP contribution in [0.2, 0.25) is 0 Å². The van der Waals surface area contributed by atoms with Crippen molar-refractivity contribution in [3.63, 3.8) is 0 Å². The van der Waals surface area contributed by atoms with Crippen LogP contribution in [-0.4, -0.2) is 24.9 Å². The van der Waals surface area contributed by atoms with Gasteiger partial charge in [0, 0.05) is 12.6 Å². The number of hydrogen-bond acceptors (Lipinski definition) is 3.